The van der Waals surface area contributed by atoms with Crippen molar-refractivity contribution in [3.8, 4) is 11.5 Å². The quantitative estimate of drug-likeness (QED) is 0.350. The number of carbonyl (C=O) groups is 1. The van der Waals surface area contributed by atoms with Crippen LogP contribution in [0.2, 0.25) is 0 Å². The molecule has 40 heavy (non-hydrogen) atoms. The summed E-state index contributed by atoms with van der Waals surface area (Å²) in [6, 6.07) is 28.3. The number of nitrogens with zero attached hydrogens (tertiary/aromatic N) is 3. The van der Waals surface area contributed by atoms with Crippen LogP contribution in [-0.2, 0) is 11.3 Å². The summed E-state index contributed by atoms with van der Waals surface area (Å²) in [5.74, 6) is 2.11. The first-order valence-corrected chi connectivity index (χ1v) is 13.7. The van der Waals surface area contributed by atoms with E-state index in [1.54, 1.807) is 14.0 Å². The molecular weight excluding hydrogens is 545 g/mol. The molecule has 8 heteroatoms. The van der Waals surface area contributed by atoms with Crippen LogP contribution in [-0.4, -0.2) is 79.1 Å². The maximum absolute atomic E-state index is 12.4. The van der Waals surface area contributed by atoms with Crippen LogP contribution >= 0.6 is 24.8 Å². The molecule has 0 bridgehead atoms. The molecule has 2 aliphatic rings. The average Bonchev–Trinajstić information content (AvgIpc) is 2.95. The minimum atomic E-state index is 0. The van der Waals surface area contributed by atoms with E-state index in [0.29, 0.717) is 6.61 Å². The summed E-state index contributed by atoms with van der Waals surface area (Å²) in [5.41, 5.74) is 3.73. The van der Waals surface area contributed by atoms with Crippen molar-refractivity contribution >= 4 is 30.7 Å². The molecule has 3 aromatic rings. The summed E-state index contributed by atoms with van der Waals surface area (Å²) >= 11 is 0. The standard InChI is InChI=1S/C32H39N3O3.2ClH/c1-4-38-31-17-11-16-30(37-3)28(31)22-33-20-27-21-34(24(2)36)18-19-35(27)29(23-33)32(25-12-7-5-8-13-25)26-14-9-6-10-15-26;;/h5-17,27,29,32H,4,18-23H2,1-3H3;2*1H/t27-,29+;;/m1../s1. The highest BCUT2D eigenvalue weighted by molar-refractivity contribution is 5.85. The lowest BCUT2D eigenvalue weighted by Crippen LogP contribution is -2.67. The summed E-state index contributed by atoms with van der Waals surface area (Å²) in [5, 5.41) is 0. The van der Waals surface area contributed by atoms with Crippen LogP contribution in [0.15, 0.2) is 78.9 Å². The largest absolute Gasteiger partial charge is 0.496 e. The maximum Gasteiger partial charge on any atom is 0.219 e. The van der Waals surface area contributed by atoms with E-state index < -0.39 is 0 Å². The molecule has 0 unspecified atom stereocenters. The second-order valence-corrected chi connectivity index (χ2v) is 10.3. The van der Waals surface area contributed by atoms with Gasteiger partial charge < -0.3 is 14.4 Å². The normalized spacial score (nSPS) is 19.2. The molecule has 2 atom stereocenters. The van der Waals surface area contributed by atoms with Gasteiger partial charge >= 0.3 is 0 Å². The fraction of sp³-hybridized carbons (Fsp3) is 0.406. The van der Waals surface area contributed by atoms with Gasteiger partial charge in [0, 0.05) is 64.2 Å². The fourth-order valence-corrected chi connectivity index (χ4v) is 6.29. The lowest BCUT2D eigenvalue weighted by Gasteiger charge is -2.53. The van der Waals surface area contributed by atoms with Crippen molar-refractivity contribution in [1.29, 1.82) is 0 Å². The van der Waals surface area contributed by atoms with E-state index in [4.69, 9.17) is 9.47 Å². The van der Waals surface area contributed by atoms with Crippen molar-refractivity contribution < 1.29 is 14.3 Å². The molecule has 2 saturated heterocycles. The Balaban J connectivity index is 0.00000220. The smallest absolute Gasteiger partial charge is 0.219 e. The van der Waals surface area contributed by atoms with E-state index in [-0.39, 0.29) is 48.7 Å². The van der Waals surface area contributed by atoms with Crippen molar-refractivity contribution in [3.05, 3.63) is 95.6 Å². The predicted molar refractivity (Wildman–Crippen MR) is 165 cm³/mol. The third kappa shape index (κ3) is 6.92. The van der Waals surface area contributed by atoms with Gasteiger partial charge in [-0.1, -0.05) is 66.7 Å². The highest BCUT2D eigenvalue weighted by Crippen LogP contribution is 2.37. The van der Waals surface area contributed by atoms with Gasteiger partial charge in [0.05, 0.1) is 19.3 Å². The van der Waals surface area contributed by atoms with E-state index in [1.165, 1.54) is 11.1 Å². The number of piperazine rings is 2. The van der Waals surface area contributed by atoms with Gasteiger partial charge in [0.2, 0.25) is 5.91 Å². The number of ether oxygens (including phenoxy) is 2. The van der Waals surface area contributed by atoms with E-state index in [2.05, 4.69) is 70.5 Å². The van der Waals surface area contributed by atoms with E-state index in [1.807, 2.05) is 30.0 Å². The van der Waals surface area contributed by atoms with Crippen LogP contribution in [0.5, 0.6) is 11.5 Å². The first-order chi connectivity index (χ1) is 18.6. The van der Waals surface area contributed by atoms with Crippen LogP contribution in [0.1, 0.15) is 36.5 Å². The number of halogens is 2. The molecule has 0 N–H and O–H groups in total. The van der Waals surface area contributed by atoms with E-state index in [9.17, 15) is 4.79 Å². The van der Waals surface area contributed by atoms with E-state index in [0.717, 1.165) is 56.3 Å². The van der Waals surface area contributed by atoms with Gasteiger partial charge in [-0.3, -0.25) is 14.6 Å². The molecule has 0 aromatic heterocycles. The summed E-state index contributed by atoms with van der Waals surface area (Å²) in [4.78, 5) is 19.6. The van der Waals surface area contributed by atoms with Crippen molar-refractivity contribution in [2.24, 2.45) is 0 Å². The number of carbonyl (C=O) groups excluding carboxylic acids is 1. The molecular formula is C32H41Cl2N3O3. The lowest BCUT2D eigenvalue weighted by atomic mass is 9.81. The van der Waals surface area contributed by atoms with Crippen LogP contribution in [0, 0.1) is 0 Å². The van der Waals surface area contributed by atoms with Gasteiger partial charge in [-0.05, 0) is 30.2 Å². The SMILES string of the molecule is CCOc1cccc(OC)c1CN1C[C@@H]2CN(C(C)=O)CCN2[C@H](C(c2ccccc2)c2ccccc2)C1.Cl.Cl. The number of amides is 1. The number of hydrogen-bond acceptors (Lipinski definition) is 5. The molecule has 2 heterocycles. The Bertz CT molecular complexity index is 1180. The first-order valence-electron chi connectivity index (χ1n) is 13.7. The monoisotopic (exact) mass is 585 g/mol. The molecule has 2 aliphatic heterocycles. The van der Waals surface area contributed by atoms with Gasteiger partial charge in [-0.15, -0.1) is 24.8 Å². The molecule has 6 nitrogen and oxygen atoms in total. The van der Waals surface area contributed by atoms with Gasteiger partial charge in [0.15, 0.2) is 0 Å². The minimum absolute atomic E-state index is 0. The predicted octanol–water partition coefficient (Wildman–Crippen LogP) is 5.49. The summed E-state index contributed by atoms with van der Waals surface area (Å²) in [6.07, 6.45) is 0. The third-order valence-electron chi connectivity index (χ3n) is 8.01. The van der Waals surface area contributed by atoms with Crippen molar-refractivity contribution in [3.63, 3.8) is 0 Å². The van der Waals surface area contributed by atoms with E-state index >= 15 is 0 Å². The molecule has 1 amide bonds. The molecule has 0 spiro atoms. The number of benzene rings is 3. The second-order valence-electron chi connectivity index (χ2n) is 10.3. The average molecular weight is 587 g/mol. The van der Waals surface area contributed by atoms with Crippen molar-refractivity contribution in [1.82, 2.24) is 14.7 Å². The van der Waals surface area contributed by atoms with Gasteiger partial charge in [0.1, 0.15) is 11.5 Å². The topological polar surface area (TPSA) is 45.3 Å². The Labute approximate surface area is 251 Å². The molecule has 3 aromatic carbocycles. The highest BCUT2D eigenvalue weighted by Gasteiger charge is 2.42. The molecule has 0 radical (unpaired) electrons. The maximum atomic E-state index is 12.4. The zero-order chi connectivity index (χ0) is 26.5. The summed E-state index contributed by atoms with van der Waals surface area (Å²) in [6.45, 7) is 9.26. The molecule has 5 rings (SSSR count). The zero-order valence-electron chi connectivity index (χ0n) is 23.6. The van der Waals surface area contributed by atoms with Gasteiger partial charge in [-0.2, -0.15) is 0 Å². The number of methoxy groups -OCH3 is 1. The highest BCUT2D eigenvalue weighted by atomic mass is 35.5. The van der Waals surface area contributed by atoms with Crippen LogP contribution in [0.3, 0.4) is 0 Å². The van der Waals surface area contributed by atoms with Crippen LogP contribution in [0.25, 0.3) is 0 Å². The van der Waals surface area contributed by atoms with Crippen molar-refractivity contribution in [2.75, 3.05) is 46.4 Å². The lowest BCUT2D eigenvalue weighted by molar-refractivity contribution is -0.134. The van der Waals surface area contributed by atoms with Crippen LogP contribution < -0.4 is 9.47 Å². The number of rotatable bonds is 8. The second kappa shape index (κ2) is 14.7. The summed E-state index contributed by atoms with van der Waals surface area (Å²) in [7, 11) is 1.72. The minimum Gasteiger partial charge on any atom is -0.496 e. The van der Waals surface area contributed by atoms with Crippen LogP contribution in [0.4, 0.5) is 0 Å². The molecule has 216 valence electrons. The molecule has 0 saturated carbocycles. The Kier molecular flexibility index (Phi) is 11.7. The summed E-state index contributed by atoms with van der Waals surface area (Å²) < 4.78 is 11.8. The Hall–Kier alpha value is -2.77. The third-order valence-corrected chi connectivity index (χ3v) is 8.01. The number of hydrogen-bond donors (Lipinski definition) is 0. The Morgan fingerprint density at radius 1 is 0.850 bits per heavy atom. The molecule has 2 fully saturated rings. The zero-order valence-corrected chi connectivity index (χ0v) is 25.2. The molecule has 0 aliphatic carbocycles. The fourth-order valence-electron chi connectivity index (χ4n) is 6.29. The van der Waals surface area contributed by atoms with Gasteiger partial charge in [-0.25, -0.2) is 0 Å². The van der Waals surface area contributed by atoms with Gasteiger partial charge in [0.25, 0.3) is 0 Å². The first kappa shape index (κ1) is 31.8. The Morgan fingerprint density at radius 3 is 2.05 bits per heavy atom. The number of fused-ring (bicyclic) bond motifs is 1. The van der Waals surface area contributed by atoms with Crippen molar-refractivity contribution in [2.45, 2.75) is 38.4 Å². The Morgan fingerprint density at radius 2 is 1.48 bits per heavy atom.